The van der Waals surface area contributed by atoms with E-state index in [1.807, 2.05) is 52.9 Å². The van der Waals surface area contributed by atoms with E-state index in [4.69, 9.17) is 5.11 Å². The average molecular weight is 627 g/mol. The Kier molecular flexibility index (Phi) is 14.6. The maximum atomic E-state index is 14.2. The van der Waals surface area contributed by atoms with Crippen molar-refractivity contribution in [1.82, 2.24) is 20.1 Å². The third-order valence-electron chi connectivity index (χ3n) is 7.32. The quantitative estimate of drug-likeness (QED) is 0.194. The summed E-state index contributed by atoms with van der Waals surface area (Å²) in [6.07, 6.45) is 3.44. The lowest BCUT2D eigenvalue weighted by atomic mass is 9.92. The van der Waals surface area contributed by atoms with Crippen LogP contribution in [0.4, 0.5) is 8.78 Å². The average Bonchev–Trinajstić information content (AvgIpc) is 2.98. The molecule has 3 aromatic rings. The lowest BCUT2D eigenvalue weighted by molar-refractivity contribution is -0.137. The van der Waals surface area contributed by atoms with Crippen molar-refractivity contribution in [3.8, 4) is 11.1 Å². The smallest absolute Gasteiger partial charge is 0.305 e. The van der Waals surface area contributed by atoms with Crippen molar-refractivity contribution in [3.63, 3.8) is 0 Å². The van der Waals surface area contributed by atoms with Crippen LogP contribution in [0.15, 0.2) is 53.5 Å². The second-order valence-electron chi connectivity index (χ2n) is 10.7. The van der Waals surface area contributed by atoms with Gasteiger partial charge in [0, 0.05) is 31.4 Å². The van der Waals surface area contributed by atoms with Gasteiger partial charge in [0.15, 0.2) is 11.6 Å². The number of likely N-dealkylation sites (N-methyl/N-ethyl adjacent to an activating group) is 1. The lowest BCUT2D eigenvalue weighted by Crippen LogP contribution is -2.48. The molecule has 4 rings (SSSR count). The van der Waals surface area contributed by atoms with Gasteiger partial charge in [0.1, 0.15) is 5.56 Å². The molecule has 2 aromatic carbocycles. The molecule has 244 valence electrons. The first-order valence-corrected chi connectivity index (χ1v) is 15.1. The zero-order valence-electron chi connectivity index (χ0n) is 26.8. The summed E-state index contributed by atoms with van der Waals surface area (Å²) in [5, 5.41) is 14.0. The van der Waals surface area contributed by atoms with Gasteiger partial charge in [-0.15, -0.1) is 0 Å². The number of carbonyl (C=O) groups is 3. The predicted octanol–water partition coefficient (Wildman–Crippen LogP) is 5.40. The van der Waals surface area contributed by atoms with Gasteiger partial charge in [0.2, 0.25) is 6.41 Å². The molecule has 45 heavy (non-hydrogen) atoms. The molecule has 2 amide bonds. The van der Waals surface area contributed by atoms with Crippen LogP contribution in [0.5, 0.6) is 0 Å². The molecule has 1 aliphatic rings. The number of aryl methyl sites for hydroxylation is 2. The molecule has 0 bridgehead atoms. The maximum absolute atomic E-state index is 14.2. The van der Waals surface area contributed by atoms with Crippen LogP contribution in [0, 0.1) is 25.5 Å². The van der Waals surface area contributed by atoms with E-state index in [2.05, 4.69) is 22.5 Å². The van der Waals surface area contributed by atoms with Crippen molar-refractivity contribution in [2.24, 2.45) is 0 Å². The number of aromatic nitrogens is 1. The Morgan fingerprint density at radius 1 is 1.09 bits per heavy atom. The predicted molar refractivity (Wildman–Crippen MR) is 171 cm³/mol. The number of aliphatic carboxylic acids is 1. The Labute approximate surface area is 263 Å². The molecular formula is C34H44F2N4O5. The molecule has 1 fully saturated rings. The number of carboxylic acids is 1. The highest BCUT2D eigenvalue weighted by molar-refractivity contribution is 5.93. The van der Waals surface area contributed by atoms with Crippen LogP contribution in [-0.2, 0) is 9.59 Å². The fourth-order valence-electron chi connectivity index (χ4n) is 5.08. The standard InChI is InChI=1S/C18H17F2NO3.C14H21N3O2.C2H6/c1-10-4-3-5-11(2)17(10)12-6-13(18(20)14(19)7-12)15(21-9-22)8-16(23)24;1-3-4-7-15-13(18)12-6-5-8-17(14(12)19)11-9-16(2)10-11;1-2/h3-7,9,15H,8H2,1-2H3,(H,21,22)(H,23,24);5-6,8,11H,3-4,7,9-10H2,1-2H3,(H,15,18);1-2H3. The first-order valence-electron chi connectivity index (χ1n) is 15.1. The van der Waals surface area contributed by atoms with Crippen molar-refractivity contribution in [2.45, 2.75) is 66.0 Å². The largest absolute Gasteiger partial charge is 0.481 e. The number of unbranched alkanes of at least 4 members (excludes halogenated alkanes) is 1. The van der Waals surface area contributed by atoms with Crippen LogP contribution < -0.4 is 16.2 Å². The highest BCUT2D eigenvalue weighted by atomic mass is 19.2. The summed E-state index contributed by atoms with van der Waals surface area (Å²) < 4.78 is 30.0. The first kappa shape index (κ1) is 36.8. The van der Waals surface area contributed by atoms with Gasteiger partial charge in [0.05, 0.1) is 18.5 Å². The summed E-state index contributed by atoms with van der Waals surface area (Å²) in [7, 11) is 2.02. The number of rotatable bonds is 11. The Bertz CT molecular complexity index is 1500. The van der Waals surface area contributed by atoms with E-state index < -0.39 is 30.1 Å². The SMILES string of the molecule is CC.CCCCNC(=O)c1cccn(C2CN(C)C2)c1=O.Cc1cccc(C)c1-c1cc(F)c(F)c(C(CC(=O)O)NC=O)c1. The molecule has 0 radical (unpaired) electrons. The van der Waals surface area contributed by atoms with Crippen molar-refractivity contribution in [3.05, 3.63) is 92.9 Å². The van der Waals surface area contributed by atoms with Crippen LogP contribution in [0.25, 0.3) is 11.1 Å². The molecule has 1 atom stereocenters. The fraction of sp³-hybridized carbons (Fsp3) is 0.412. The van der Waals surface area contributed by atoms with Crippen molar-refractivity contribution in [2.75, 3.05) is 26.7 Å². The number of carbonyl (C=O) groups excluding carboxylic acids is 2. The molecule has 1 aromatic heterocycles. The number of carboxylic acid groups (broad SMARTS) is 1. The molecule has 9 nitrogen and oxygen atoms in total. The molecule has 1 aliphatic heterocycles. The summed E-state index contributed by atoms with van der Waals surface area (Å²) in [6, 6.07) is 10.4. The Morgan fingerprint density at radius 2 is 1.73 bits per heavy atom. The Morgan fingerprint density at radius 3 is 2.29 bits per heavy atom. The molecular weight excluding hydrogens is 582 g/mol. The van der Waals surface area contributed by atoms with Crippen molar-refractivity contribution < 1.29 is 28.3 Å². The number of hydrogen-bond donors (Lipinski definition) is 3. The lowest BCUT2D eigenvalue weighted by Gasteiger charge is -2.37. The molecule has 1 saturated heterocycles. The van der Waals surface area contributed by atoms with Crippen LogP contribution in [0.3, 0.4) is 0 Å². The zero-order chi connectivity index (χ0) is 33.7. The van der Waals surface area contributed by atoms with Gasteiger partial charge in [-0.1, -0.05) is 45.4 Å². The normalized spacial score (nSPS) is 13.2. The van der Waals surface area contributed by atoms with Gasteiger partial charge in [-0.25, -0.2) is 8.78 Å². The summed E-state index contributed by atoms with van der Waals surface area (Å²) in [6.45, 7) is 12.1. The van der Waals surface area contributed by atoms with E-state index in [9.17, 15) is 28.0 Å². The third-order valence-corrected chi connectivity index (χ3v) is 7.32. The minimum atomic E-state index is -1.23. The third kappa shape index (κ3) is 9.81. The number of halogens is 2. The maximum Gasteiger partial charge on any atom is 0.305 e. The number of pyridine rings is 1. The van der Waals surface area contributed by atoms with Crippen LogP contribution in [0.2, 0.25) is 0 Å². The van der Waals surface area contributed by atoms with Crippen LogP contribution >= 0.6 is 0 Å². The number of nitrogens with one attached hydrogen (secondary N) is 2. The number of nitrogens with zero attached hydrogens (tertiary/aromatic N) is 2. The van der Waals surface area contributed by atoms with Crippen LogP contribution in [0.1, 0.15) is 79.2 Å². The molecule has 11 heteroatoms. The van der Waals surface area contributed by atoms with Gasteiger partial charge in [-0.05, 0) is 73.8 Å². The first-order chi connectivity index (χ1) is 21.5. The minimum Gasteiger partial charge on any atom is -0.481 e. The van der Waals surface area contributed by atoms with E-state index >= 15 is 0 Å². The summed E-state index contributed by atoms with van der Waals surface area (Å²) in [4.78, 5) is 48.0. The highest BCUT2D eigenvalue weighted by Gasteiger charge is 2.27. The number of likely N-dealkylation sites (tertiary alicyclic amines) is 1. The monoisotopic (exact) mass is 626 g/mol. The topological polar surface area (TPSA) is 121 Å². The fourth-order valence-corrected chi connectivity index (χ4v) is 5.08. The summed E-state index contributed by atoms with van der Waals surface area (Å²) in [5.41, 5.74) is 2.81. The molecule has 3 N–H and O–H groups in total. The van der Waals surface area contributed by atoms with Crippen molar-refractivity contribution in [1.29, 1.82) is 0 Å². The minimum absolute atomic E-state index is 0.186. The molecule has 2 heterocycles. The van der Waals surface area contributed by atoms with Crippen molar-refractivity contribution >= 4 is 18.3 Å². The molecule has 0 aliphatic carbocycles. The molecule has 0 saturated carbocycles. The van der Waals surface area contributed by atoms with E-state index in [-0.39, 0.29) is 35.0 Å². The number of amides is 2. The van der Waals surface area contributed by atoms with Gasteiger partial charge in [-0.2, -0.15) is 0 Å². The number of hydrogen-bond acceptors (Lipinski definition) is 5. The van der Waals surface area contributed by atoms with Gasteiger partial charge in [0.25, 0.3) is 11.5 Å². The Balaban J connectivity index is 0.000000304. The van der Waals surface area contributed by atoms with Crippen LogP contribution in [-0.4, -0.2) is 59.5 Å². The second-order valence-corrected chi connectivity index (χ2v) is 10.7. The highest BCUT2D eigenvalue weighted by Crippen LogP contribution is 2.32. The van der Waals surface area contributed by atoms with Gasteiger partial charge in [-0.3, -0.25) is 19.2 Å². The summed E-state index contributed by atoms with van der Waals surface area (Å²) >= 11 is 0. The van der Waals surface area contributed by atoms with E-state index in [1.54, 1.807) is 22.9 Å². The summed E-state index contributed by atoms with van der Waals surface area (Å²) in [5.74, 6) is -3.74. The second kappa shape index (κ2) is 17.8. The van der Waals surface area contributed by atoms with Gasteiger partial charge < -0.3 is 25.2 Å². The number of benzene rings is 2. The zero-order valence-corrected chi connectivity index (χ0v) is 26.8. The molecule has 1 unspecified atom stereocenters. The van der Waals surface area contributed by atoms with E-state index in [0.717, 1.165) is 48.7 Å². The van der Waals surface area contributed by atoms with E-state index in [1.165, 1.54) is 6.07 Å². The Hall–Kier alpha value is -4.38. The molecule has 0 spiro atoms. The van der Waals surface area contributed by atoms with E-state index in [0.29, 0.717) is 12.1 Å². The van der Waals surface area contributed by atoms with Gasteiger partial charge >= 0.3 is 5.97 Å².